The SMILES string of the molecule is CC1CC(NC(=O)c2ccc(S(=O)(=O)Nc3ccccc3)cc2)CCN1.Cl. The zero-order chi connectivity index (χ0) is 18.6. The van der Waals surface area contributed by atoms with Crippen LogP contribution in [0, 0.1) is 0 Å². The molecule has 1 aliphatic heterocycles. The molecular weight excluding hydrogens is 386 g/mol. The topological polar surface area (TPSA) is 87.3 Å². The van der Waals surface area contributed by atoms with Gasteiger partial charge in [0.2, 0.25) is 0 Å². The van der Waals surface area contributed by atoms with E-state index in [1.54, 1.807) is 36.4 Å². The predicted molar refractivity (Wildman–Crippen MR) is 109 cm³/mol. The molecule has 146 valence electrons. The highest BCUT2D eigenvalue weighted by molar-refractivity contribution is 7.92. The Balaban J connectivity index is 0.00000261. The van der Waals surface area contributed by atoms with Crippen molar-refractivity contribution < 1.29 is 13.2 Å². The Kier molecular flexibility index (Phi) is 7.24. The Morgan fingerprint density at radius 3 is 2.37 bits per heavy atom. The van der Waals surface area contributed by atoms with E-state index in [4.69, 9.17) is 0 Å². The summed E-state index contributed by atoms with van der Waals surface area (Å²) in [5, 5.41) is 6.36. The van der Waals surface area contributed by atoms with Crippen LogP contribution in [-0.2, 0) is 10.0 Å². The summed E-state index contributed by atoms with van der Waals surface area (Å²) < 4.78 is 27.4. The van der Waals surface area contributed by atoms with Gasteiger partial charge in [-0.2, -0.15) is 0 Å². The van der Waals surface area contributed by atoms with Crippen molar-refractivity contribution in [3.8, 4) is 0 Å². The van der Waals surface area contributed by atoms with E-state index in [1.807, 2.05) is 6.07 Å². The first kappa shape index (κ1) is 21.2. The minimum Gasteiger partial charge on any atom is -0.349 e. The van der Waals surface area contributed by atoms with Gasteiger partial charge >= 0.3 is 0 Å². The monoisotopic (exact) mass is 409 g/mol. The highest BCUT2D eigenvalue weighted by Gasteiger charge is 2.21. The molecular formula is C19H24ClN3O3S. The van der Waals surface area contributed by atoms with E-state index in [9.17, 15) is 13.2 Å². The number of carbonyl (C=O) groups is 1. The first-order valence-corrected chi connectivity index (χ1v) is 10.1. The maximum atomic E-state index is 12.4. The molecule has 1 heterocycles. The van der Waals surface area contributed by atoms with Crippen LogP contribution in [0.25, 0.3) is 0 Å². The van der Waals surface area contributed by atoms with E-state index in [0.717, 1.165) is 19.4 Å². The second-order valence-corrected chi connectivity index (χ2v) is 8.23. The van der Waals surface area contributed by atoms with E-state index in [2.05, 4.69) is 22.3 Å². The van der Waals surface area contributed by atoms with Gasteiger partial charge in [0.25, 0.3) is 15.9 Å². The summed E-state index contributed by atoms with van der Waals surface area (Å²) in [7, 11) is -3.68. The molecule has 8 heteroatoms. The van der Waals surface area contributed by atoms with Crippen molar-refractivity contribution in [3.05, 3.63) is 60.2 Å². The fraction of sp³-hybridized carbons (Fsp3) is 0.316. The zero-order valence-corrected chi connectivity index (χ0v) is 16.6. The van der Waals surface area contributed by atoms with Crippen LogP contribution in [0.5, 0.6) is 0 Å². The molecule has 2 unspecified atom stereocenters. The molecule has 1 aliphatic rings. The summed E-state index contributed by atoms with van der Waals surface area (Å²) in [6, 6.07) is 15.2. The Bertz CT molecular complexity index is 858. The lowest BCUT2D eigenvalue weighted by Gasteiger charge is -2.28. The number of nitrogens with one attached hydrogen (secondary N) is 3. The molecule has 0 bridgehead atoms. The van der Waals surface area contributed by atoms with Crippen molar-refractivity contribution in [2.75, 3.05) is 11.3 Å². The van der Waals surface area contributed by atoms with Gasteiger partial charge in [-0.3, -0.25) is 9.52 Å². The van der Waals surface area contributed by atoms with Crippen LogP contribution in [-0.4, -0.2) is 33.0 Å². The number of benzene rings is 2. The fourth-order valence-electron chi connectivity index (χ4n) is 3.04. The maximum Gasteiger partial charge on any atom is 0.261 e. The van der Waals surface area contributed by atoms with Crippen molar-refractivity contribution in [1.82, 2.24) is 10.6 Å². The number of piperidine rings is 1. The minimum atomic E-state index is -3.68. The van der Waals surface area contributed by atoms with E-state index < -0.39 is 10.0 Å². The summed E-state index contributed by atoms with van der Waals surface area (Å²) in [5.41, 5.74) is 0.948. The first-order valence-electron chi connectivity index (χ1n) is 8.66. The third kappa shape index (κ3) is 5.69. The number of sulfonamides is 1. The van der Waals surface area contributed by atoms with Gasteiger partial charge in [-0.1, -0.05) is 18.2 Å². The van der Waals surface area contributed by atoms with Gasteiger partial charge in [-0.15, -0.1) is 12.4 Å². The van der Waals surface area contributed by atoms with Gasteiger partial charge in [0.05, 0.1) is 4.90 Å². The Labute approximate surface area is 166 Å². The Morgan fingerprint density at radius 1 is 1.07 bits per heavy atom. The number of rotatable bonds is 5. The molecule has 1 amide bonds. The average Bonchev–Trinajstić information content (AvgIpc) is 2.62. The summed E-state index contributed by atoms with van der Waals surface area (Å²) >= 11 is 0. The molecule has 0 radical (unpaired) electrons. The van der Waals surface area contributed by atoms with Gasteiger partial charge < -0.3 is 10.6 Å². The Hall–Kier alpha value is -2.09. The molecule has 1 saturated heterocycles. The van der Waals surface area contributed by atoms with E-state index in [-0.39, 0.29) is 29.3 Å². The zero-order valence-electron chi connectivity index (χ0n) is 15.0. The van der Waals surface area contributed by atoms with Gasteiger partial charge in [-0.05, 0) is 62.7 Å². The molecule has 0 aliphatic carbocycles. The largest absolute Gasteiger partial charge is 0.349 e. The number of para-hydroxylation sites is 1. The van der Waals surface area contributed by atoms with Crippen LogP contribution in [0.15, 0.2) is 59.5 Å². The van der Waals surface area contributed by atoms with E-state index in [1.165, 1.54) is 12.1 Å². The number of hydrogen-bond acceptors (Lipinski definition) is 4. The van der Waals surface area contributed by atoms with Crippen LogP contribution >= 0.6 is 12.4 Å². The second-order valence-electron chi connectivity index (χ2n) is 6.55. The smallest absolute Gasteiger partial charge is 0.261 e. The van der Waals surface area contributed by atoms with Gasteiger partial charge in [-0.25, -0.2) is 8.42 Å². The molecule has 2 aromatic rings. The van der Waals surface area contributed by atoms with Gasteiger partial charge in [0, 0.05) is 23.3 Å². The lowest BCUT2D eigenvalue weighted by molar-refractivity contribution is 0.0925. The van der Waals surface area contributed by atoms with E-state index >= 15 is 0 Å². The fourth-order valence-corrected chi connectivity index (χ4v) is 4.10. The predicted octanol–water partition coefficient (Wildman–Crippen LogP) is 2.78. The highest BCUT2D eigenvalue weighted by Crippen LogP contribution is 2.17. The van der Waals surface area contributed by atoms with Crippen molar-refractivity contribution >= 4 is 34.0 Å². The van der Waals surface area contributed by atoms with Crippen molar-refractivity contribution in [2.24, 2.45) is 0 Å². The van der Waals surface area contributed by atoms with E-state index in [0.29, 0.717) is 17.3 Å². The summed E-state index contributed by atoms with van der Waals surface area (Å²) in [5.74, 6) is -0.177. The maximum absolute atomic E-state index is 12.4. The number of hydrogen-bond donors (Lipinski definition) is 3. The molecule has 0 aromatic heterocycles. The second kappa shape index (κ2) is 9.21. The number of amides is 1. The molecule has 3 N–H and O–H groups in total. The number of carbonyl (C=O) groups excluding carboxylic acids is 1. The molecule has 1 fully saturated rings. The Morgan fingerprint density at radius 2 is 1.74 bits per heavy atom. The van der Waals surface area contributed by atoms with Crippen LogP contribution < -0.4 is 15.4 Å². The van der Waals surface area contributed by atoms with Crippen molar-refractivity contribution in [1.29, 1.82) is 0 Å². The van der Waals surface area contributed by atoms with Crippen LogP contribution in [0.4, 0.5) is 5.69 Å². The highest BCUT2D eigenvalue weighted by atomic mass is 35.5. The normalized spacial score (nSPS) is 19.6. The van der Waals surface area contributed by atoms with Gasteiger partial charge in [0.1, 0.15) is 0 Å². The molecule has 2 atom stereocenters. The lowest BCUT2D eigenvalue weighted by atomic mass is 10.0. The van der Waals surface area contributed by atoms with Crippen LogP contribution in [0.3, 0.4) is 0 Å². The molecule has 2 aromatic carbocycles. The summed E-state index contributed by atoms with van der Waals surface area (Å²) in [6.07, 6.45) is 1.78. The van der Waals surface area contributed by atoms with Crippen molar-refractivity contribution in [3.63, 3.8) is 0 Å². The van der Waals surface area contributed by atoms with Crippen molar-refractivity contribution in [2.45, 2.75) is 36.7 Å². The quantitative estimate of drug-likeness (QED) is 0.708. The molecule has 0 spiro atoms. The summed E-state index contributed by atoms with van der Waals surface area (Å²) in [4.78, 5) is 12.5. The van der Waals surface area contributed by atoms with Gasteiger partial charge in [0.15, 0.2) is 0 Å². The third-order valence-corrected chi connectivity index (χ3v) is 5.81. The third-order valence-electron chi connectivity index (χ3n) is 4.41. The minimum absolute atomic E-state index is 0. The molecule has 6 nitrogen and oxygen atoms in total. The molecule has 0 saturated carbocycles. The molecule has 3 rings (SSSR count). The summed E-state index contributed by atoms with van der Waals surface area (Å²) in [6.45, 7) is 2.98. The first-order chi connectivity index (χ1) is 12.4. The van der Waals surface area contributed by atoms with Crippen LogP contribution in [0.2, 0.25) is 0 Å². The lowest BCUT2D eigenvalue weighted by Crippen LogP contribution is -2.46. The number of anilines is 1. The standard InChI is InChI=1S/C19H23N3O3S.ClH/c1-14-13-17(11-12-20-14)21-19(23)15-7-9-18(10-8-15)26(24,25)22-16-5-3-2-4-6-16;/h2-10,14,17,20,22H,11-13H2,1H3,(H,21,23);1H. The molecule has 27 heavy (non-hydrogen) atoms. The van der Waals surface area contributed by atoms with Crippen LogP contribution in [0.1, 0.15) is 30.1 Å². The number of halogens is 1. The average molecular weight is 410 g/mol.